The van der Waals surface area contributed by atoms with Crippen molar-refractivity contribution < 1.29 is 32.2 Å². The summed E-state index contributed by atoms with van der Waals surface area (Å²) < 4.78 is 63.8. The Bertz CT molecular complexity index is 2310. The minimum Gasteiger partial charge on any atom is -0.497 e. The van der Waals surface area contributed by atoms with Gasteiger partial charge in [0.15, 0.2) is 5.82 Å². The number of fused-ring (bicyclic) bond motifs is 3. The van der Waals surface area contributed by atoms with Crippen molar-refractivity contribution in [2.75, 3.05) is 50.5 Å². The zero-order valence-electron chi connectivity index (χ0n) is 28.6. The van der Waals surface area contributed by atoms with E-state index in [1.54, 1.807) is 30.3 Å². The second-order valence-electron chi connectivity index (χ2n) is 13.8. The number of methoxy groups -OCH3 is 1. The van der Waals surface area contributed by atoms with Crippen LogP contribution in [-0.4, -0.2) is 72.4 Å². The van der Waals surface area contributed by atoms with Crippen LogP contribution in [0.15, 0.2) is 42.5 Å². The molecule has 0 spiro atoms. The van der Waals surface area contributed by atoms with Crippen LogP contribution < -0.4 is 24.8 Å². The molecular formula is C38H34ClF3N6O4S. The van der Waals surface area contributed by atoms with Gasteiger partial charge in [-0.15, -0.1) is 11.3 Å². The third-order valence-electron chi connectivity index (χ3n) is 10.7. The lowest BCUT2D eigenvalue weighted by Gasteiger charge is -2.33. The van der Waals surface area contributed by atoms with E-state index in [-0.39, 0.29) is 60.9 Å². The minimum atomic E-state index is -0.969. The van der Waals surface area contributed by atoms with Crippen LogP contribution in [-0.2, 0) is 4.79 Å². The maximum absolute atomic E-state index is 17.1. The van der Waals surface area contributed by atoms with Gasteiger partial charge >= 0.3 is 12.0 Å². The van der Waals surface area contributed by atoms with E-state index in [0.29, 0.717) is 61.6 Å². The molecule has 3 aromatic carbocycles. The zero-order valence-corrected chi connectivity index (χ0v) is 30.2. The van der Waals surface area contributed by atoms with Gasteiger partial charge in [-0.05, 0) is 62.1 Å². The molecular weight excluding hydrogens is 729 g/mol. The highest BCUT2D eigenvalue weighted by atomic mass is 35.5. The van der Waals surface area contributed by atoms with E-state index >= 15 is 4.39 Å². The molecule has 10 nitrogen and oxygen atoms in total. The number of nitrogens with two attached hydrogens (primary N) is 1. The summed E-state index contributed by atoms with van der Waals surface area (Å²) in [5, 5.41) is 10.5. The Kier molecular flexibility index (Phi) is 9.20. The predicted molar refractivity (Wildman–Crippen MR) is 197 cm³/mol. The van der Waals surface area contributed by atoms with E-state index in [1.165, 1.54) is 19.2 Å². The molecule has 0 amide bonds. The number of nitrogens with zero attached hydrogens (tertiary/aromatic N) is 5. The largest absolute Gasteiger partial charge is 0.497 e. The van der Waals surface area contributed by atoms with Crippen LogP contribution in [0.2, 0.25) is 5.02 Å². The van der Waals surface area contributed by atoms with Crippen molar-refractivity contribution in [3.05, 3.63) is 64.7 Å². The molecule has 0 radical (unpaired) electrons. The van der Waals surface area contributed by atoms with Crippen molar-refractivity contribution in [2.45, 2.75) is 43.8 Å². The van der Waals surface area contributed by atoms with Gasteiger partial charge in [-0.25, -0.2) is 13.2 Å². The lowest BCUT2D eigenvalue weighted by Crippen LogP contribution is -2.43. The van der Waals surface area contributed by atoms with Crippen LogP contribution in [0, 0.1) is 28.9 Å². The summed E-state index contributed by atoms with van der Waals surface area (Å²) in [6.07, 6.45) is 1.88. The maximum atomic E-state index is 17.1. The molecule has 2 aromatic heterocycles. The number of rotatable bonds is 8. The molecule has 5 heterocycles. The van der Waals surface area contributed by atoms with E-state index in [0.717, 1.165) is 30.7 Å². The average Bonchev–Trinajstić information content (AvgIpc) is 3.81. The molecule has 8 rings (SSSR count). The standard InChI is InChI=1S/C38H34ClF3N6O4S/c1-50-22-4-2-5-23(14-22)52-36(49)20-8-12-47(13-9-20)35-25-15-27(39)30(24-6-7-28(41)33-29(24)26(17-43)34(44)53-33)31(42)32(25)45-37(46-35)51-19-38-10-3-11-48(38)18-21(40)16-38/h2,4-7,14-15,20-21H,3,8-13,16,18-19,44H2,1H3/t21-,38+/m1/s1. The number of carbonyl (C=O) groups is 1. The van der Waals surface area contributed by atoms with Crippen LogP contribution in [0.5, 0.6) is 17.5 Å². The molecule has 5 aromatic rings. The Labute approximate surface area is 311 Å². The monoisotopic (exact) mass is 762 g/mol. The lowest BCUT2D eigenvalue weighted by atomic mass is 9.95. The van der Waals surface area contributed by atoms with Crippen molar-refractivity contribution in [3.63, 3.8) is 0 Å². The van der Waals surface area contributed by atoms with Gasteiger partial charge in [0.25, 0.3) is 0 Å². The molecule has 0 unspecified atom stereocenters. The quantitative estimate of drug-likeness (QED) is 0.124. The molecule has 15 heteroatoms. The van der Waals surface area contributed by atoms with E-state index in [2.05, 4.69) is 9.88 Å². The molecule has 53 heavy (non-hydrogen) atoms. The first-order valence-electron chi connectivity index (χ1n) is 17.3. The topological polar surface area (TPSA) is 127 Å². The average molecular weight is 763 g/mol. The summed E-state index contributed by atoms with van der Waals surface area (Å²) in [5.41, 5.74) is 5.61. The molecule has 0 saturated carbocycles. The van der Waals surface area contributed by atoms with Crippen molar-refractivity contribution in [3.8, 4) is 34.7 Å². The van der Waals surface area contributed by atoms with Gasteiger partial charge in [-0.2, -0.15) is 15.2 Å². The number of hydrogen-bond donors (Lipinski definition) is 1. The molecule has 274 valence electrons. The SMILES string of the molecule is COc1cccc(OC(=O)C2CCN(c3nc(OC[C@@]45CCCN4C[C@H](F)C5)nc4c(F)c(-c5ccc(F)c6sc(N)c(C#N)c56)c(Cl)cc34)CC2)c1. The van der Waals surface area contributed by atoms with Gasteiger partial charge in [-0.3, -0.25) is 9.69 Å². The fourth-order valence-electron chi connectivity index (χ4n) is 8.06. The number of piperidine rings is 1. The normalized spacial score (nSPS) is 20.5. The van der Waals surface area contributed by atoms with Gasteiger partial charge in [-0.1, -0.05) is 23.7 Å². The van der Waals surface area contributed by atoms with E-state index in [4.69, 9.17) is 36.5 Å². The van der Waals surface area contributed by atoms with Gasteiger partial charge < -0.3 is 24.8 Å². The third kappa shape index (κ3) is 6.24. The summed E-state index contributed by atoms with van der Waals surface area (Å²) in [6.45, 7) is 1.98. The molecule has 0 bridgehead atoms. The summed E-state index contributed by atoms with van der Waals surface area (Å²) in [5.74, 6) is -0.873. The highest BCUT2D eigenvalue weighted by molar-refractivity contribution is 7.23. The number of aromatic nitrogens is 2. The number of nitriles is 1. The summed E-state index contributed by atoms with van der Waals surface area (Å²) >= 11 is 7.76. The summed E-state index contributed by atoms with van der Waals surface area (Å²) in [4.78, 5) is 26.5. The van der Waals surface area contributed by atoms with Gasteiger partial charge in [0, 0.05) is 48.5 Å². The number of anilines is 2. The first-order chi connectivity index (χ1) is 25.6. The number of esters is 1. The maximum Gasteiger partial charge on any atom is 0.319 e. The minimum absolute atomic E-state index is 0.00716. The number of benzene rings is 3. The Morgan fingerprint density at radius 2 is 1.94 bits per heavy atom. The van der Waals surface area contributed by atoms with E-state index in [1.807, 2.05) is 11.0 Å². The number of nitrogen functional groups attached to an aromatic ring is 1. The number of carbonyl (C=O) groups excluding carboxylic acids is 1. The van der Waals surface area contributed by atoms with Crippen molar-refractivity contribution in [2.24, 2.45) is 5.92 Å². The smallest absolute Gasteiger partial charge is 0.319 e. The highest BCUT2D eigenvalue weighted by Gasteiger charge is 2.49. The molecule has 2 atom stereocenters. The number of ether oxygens (including phenoxy) is 3. The van der Waals surface area contributed by atoms with Crippen LogP contribution in [0.3, 0.4) is 0 Å². The number of hydrogen-bond acceptors (Lipinski definition) is 11. The van der Waals surface area contributed by atoms with E-state index in [9.17, 15) is 18.8 Å². The molecule has 3 aliphatic heterocycles. The summed E-state index contributed by atoms with van der Waals surface area (Å²) in [6, 6.07) is 12.9. The molecule has 3 aliphatic rings. The molecule has 2 N–H and O–H groups in total. The van der Waals surface area contributed by atoms with Gasteiger partial charge in [0.05, 0.1) is 33.9 Å². The van der Waals surface area contributed by atoms with Crippen LogP contribution in [0.25, 0.3) is 32.1 Å². The molecule has 3 saturated heterocycles. The summed E-state index contributed by atoms with van der Waals surface area (Å²) in [7, 11) is 1.53. The van der Waals surface area contributed by atoms with E-state index < -0.39 is 29.3 Å². The lowest BCUT2D eigenvalue weighted by molar-refractivity contribution is -0.139. The number of thiophene rings is 1. The van der Waals surface area contributed by atoms with Crippen molar-refractivity contribution >= 4 is 60.7 Å². The van der Waals surface area contributed by atoms with Crippen LogP contribution in [0.1, 0.15) is 37.7 Å². The fourth-order valence-corrected chi connectivity index (χ4v) is 9.30. The Morgan fingerprint density at radius 3 is 2.72 bits per heavy atom. The Morgan fingerprint density at radius 1 is 1.15 bits per heavy atom. The highest BCUT2D eigenvalue weighted by Crippen LogP contribution is 2.46. The second-order valence-corrected chi connectivity index (χ2v) is 15.2. The Balaban J connectivity index is 1.17. The fraction of sp³-hybridized carbons (Fsp3) is 0.368. The second kappa shape index (κ2) is 13.9. The number of alkyl halides is 1. The third-order valence-corrected chi connectivity index (χ3v) is 12.0. The van der Waals surface area contributed by atoms with Gasteiger partial charge in [0.1, 0.15) is 52.5 Å². The van der Waals surface area contributed by atoms with Crippen molar-refractivity contribution in [1.82, 2.24) is 14.9 Å². The van der Waals surface area contributed by atoms with Crippen molar-refractivity contribution in [1.29, 1.82) is 5.26 Å². The first-order valence-corrected chi connectivity index (χ1v) is 18.5. The van der Waals surface area contributed by atoms with Crippen LogP contribution >= 0.6 is 22.9 Å². The first kappa shape index (κ1) is 35.2. The number of halogens is 4. The Hall–Kier alpha value is -4.84. The molecule has 3 fully saturated rings. The van der Waals surface area contributed by atoms with Crippen LogP contribution in [0.4, 0.5) is 24.0 Å². The predicted octanol–water partition coefficient (Wildman–Crippen LogP) is 7.68. The van der Waals surface area contributed by atoms with Gasteiger partial charge in [0.2, 0.25) is 0 Å². The molecule has 0 aliphatic carbocycles. The zero-order chi connectivity index (χ0) is 37.0.